The summed E-state index contributed by atoms with van der Waals surface area (Å²) in [7, 11) is 0. The molecule has 21 heavy (non-hydrogen) atoms. The lowest BCUT2D eigenvalue weighted by molar-refractivity contribution is 0.188. The predicted molar refractivity (Wildman–Crippen MR) is 91.7 cm³/mol. The number of nitrogens with zero attached hydrogens (tertiary/aromatic N) is 1. The van der Waals surface area contributed by atoms with E-state index in [9.17, 15) is 0 Å². The molecule has 1 aliphatic heterocycles. The van der Waals surface area contributed by atoms with E-state index >= 15 is 0 Å². The van der Waals surface area contributed by atoms with Crippen LogP contribution in [0.15, 0.2) is 24.3 Å². The van der Waals surface area contributed by atoms with Crippen molar-refractivity contribution in [2.75, 3.05) is 26.2 Å². The first-order chi connectivity index (χ1) is 10.2. The molecule has 1 aromatic carbocycles. The molecule has 0 aliphatic carbocycles. The van der Waals surface area contributed by atoms with Gasteiger partial charge < -0.3 is 10.2 Å². The smallest absolute Gasteiger partial charge is 0.0291 e. The number of benzene rings is 1. The lowest BCUT2D eigenvalue weighted by atomic mass is 9.96. The van der Waals surface area contributed by atoms with Crippen molar-refractivity contribution in [3.63, 3.8) is 0 Å². The predicted octanol–water partition coefficient (Wildman–Crippen LogP) is 4.02. The molecular formula is C19H32N2. The third-order valence-corrected chi connectivity index (χ3v) is 4.89. The van der Waals surface area contributed by atoms with Gasteiger partial charge in [0.15, 0.2) is 0 Å². The van der Waals surface area contributed by atoms with E-state index in [4.69, 9.17) is 0 Å². The first-order valence-corrected chi connectivity index (χ1v) is 8.77. The van der Waals surface area contributed by atoms with Crippen LogP contribution in [0.25, 0.3) is 0 Å². The molecule has 1 atom stereocenters. The lowest BCUT2D eigenvalue weighted by Crippen LogP contribution is -2.37. The Morgan fingerprint density at radius 2 is 1.81 bits per heavy atom. The van der Waals surface area contributed by atoms with E-state index in [-0.39, 0.29) is 0 Å². The third kappa shape index (κ3) is 5.12. The van der Waals surface area contributed by atoms with Gasteiger partial charge in [-0.25, -0.2) is 0 Å². The maximum Gasteiger partial charge on any atom is 0.0291 e. The molecule has 0 radical (unpaired) electrons. The Hall–Kier alpha value is -0.860. The number of hydrogen-bond acceptors (Lipinski definition) is 2. The fourth-order valence-corrected chi connectivity index (χ4v) is 3.23. The van der Waals surface area contributed by atoms with Gasteiger partial charge in [-0.15, -0.1) is 0 Å². The lowest BCUT2D eigenvalue weighted by Gasteiger charge is -2.31. The summed E-state index contributed by atoms with van der Waals surface area (Å²) in [6.45, 7) is 11.7. The molecule has 2 nitrogen and oxygen atoms in total. The zero-order valence-electron chi connectivity index (χ0n) is 14.1. The van der Waals surface area contributed by atoms with Crippen LogP contribution < -0.4 is 5.32 Å². The minimum atomic E-state index is 0.463. The normalized spacial score (nSPS) is 18.8. The van der Waals surface area contributed by atoms with Crippen LogP contribution in [0.4, 0.5) is 0 Å². The summed E-state index contributed by atoms with van der Waals surface area (Å²) in [5.74, 6) is 0.856. The summed E-state index contributed by atoms with van der Waals surface area (Å²) in [5, 5.41) is 3.73. The molecule has 0 bridgehead atoms. The maximum absolute atomic E-state index is 3.73. The topological polar surface area (TPSA) is 15.3 Å². The molecule has 0 saturated carbocycles. The molecule has 1 heterocycles. The molecule has 1 aromatic rings. The van der Waals surface area contributed by atoms with Crippen molar-refractivity contribution >= 4 is 0 Å². The van der Waals surface area contributed by atoms with E-state index in [1.807, 2.05) is 0 Å². The van der Waals surface area contributed by atoms with Crippen molar-refractivity contribution in [2.24, 2.45) is 5.92 Å². The van der Waals surface area contributed by atoms with Crippen molar-refractivity contribution < 1.29 is 0 Å². The zero-order valence-corrected chi connectivity index (χ0v) is 14.1. The summed E-state index contributed by atoms with van der Waals surface area (Å²) >= 11 is 0. The van der Waals surface area contributed by atoms with E-state index in [2.05, 4.69) is 55.3 Å². The number of hydrogen-bond donors (Lipinski definition) is 1. The number of rotatable bonds is 7. The summed E-state index contributed by atoms with van der Waals surface area (Å²) < 4.78 is 0. The van der Waals surface area contributed by atoms with Gasteiger partial charge in [0, 0.05) is 6.04 Å². The van der Waals surface area contributed by atoms with Gasteiger partial charge in [-0.05, 0) is 69.4 Å². The van der Waals surface area contributed by atoms with E-state index in [0.717, 1.165) is 12.5 Å². The second-order valence-corrected chi connectivity index (χ2v) is 6.50. The molecule has 1 saturated heterocycles. The highest BCUT2D eigenvalue weighted by Crippen LogP contribution is 2.19. The van der Waals surface area contributed by atoms with Crippen LogP contribution in [0.1, 0.15) is 57.2 Å². The molecule has 1 fully saturated rings. The molecule has 2 heteroatoms. The van der Waals surface area contributed by atoms with Crippen LogP contribution in [0, 0.1) is 5.92 Å². The van der Waals surface area contributed by atoms with E-state index in [1.165, 1.54) is 56.4 Å². The number of likely N-dealkylation sites (tertiary alicyclic amines) is 1. The largest absolute Gasteiger partial charge is 0.310 e. The highest BCUT2D eigenvalue weighted by molar-refractivity contribution is 5.24. The molecule has 0 aromatic heterocycles. The quantitative estimate of drug-likeness (QED) is 0.815. The van der Waals surface area contributed by atoms with Gasteiger partial charge in [0.05, 0.1) is 0 Å². The number of aryl methyl sites for hydroxylation is 1. The molecule has 1 N–H and O–H groups in total. The Balaban J connectivity index is 1.75. The van der Waals surface area contributed by atoms with Gasteiger partial charge in [0.1, 0.15) is 0 Å². The van der Waals surface area contributed by atoms with Gasteiger partial charge in [0.25, 0.3) is 0 Å². The highest BCUT2D eigenvalue weighted by atomic mass is 15.1. The Morgan fingerprint density at radius 3 is 2.38 bits per heavy atom. The summed E-state index contributed by atoms with van der Waals surface area (Å²) in [5.41, 5.74) is 2.88. The second kappa shape index (κ2) is 8.55. The first kappa shape index (κ1) is 16.5. The molecule has 2 rings (SSSR count). The van der Waals surface area contributed by atoms with E-state index in [0.29, 0.717) is 6.04 Å². The third-order valence-electron chi connectivity index (χ3n) is 4.89. The molecule has 1 unspecified atom stereocenters. The van der Waals surface area contributed by atoms with Crippen molar-refractivity contribution in [3.05, 3.63) is 35.4 Å². The van der Waals surface area contributed by atoms with E-state index in [1.54, 1.807) is 0 Å². The average molecular weight is 288 g/mol. The van der Waals surface area contributed by atoms with Gasteiger partial charge in [-0.1, -0.05) is 44.5 Å². The van der Waals surface area contributed by atoms with Crippen LogP contribution in [0.3, 0.4) is 0 Å². The number of piperidine rings is 1. The van der Waals surface area contributed by atoms with Crippen molar-refractivity contribution in [1.82, 2.24) is 10.2 Å². The standard InChI is InChI=1S/C19H32N2/c1-4-6-17-7-9-19(10-8-17)16(3)20-15-18-11-13-21(5-2)14-12-18/h7-10,16,18,20H,4-6,11-15H2,1-3H3. The fourth-order valence-electron chi connectivity index (χ4n) is 3.23. The Bertz CT molecular complexity index is 391. The molecule has 1 aliphatic rings. The zero-order chi connectivity index (χ0) is 15.1. The monoisotopic (exact) mass is 288 g/mol. The van der Waals surface area contributed by atoms with Crippen LogP contribution >= 0.6 is 0 Å². The summed E-state index contributed by atoms with van der Waals surface area (Å²) in [6.07, 6.45) is 5.12. The highest BCUT2D eigenvalue weighted by Gasteiger charge is 2.18. The van der Waals surface area contributed by atoms with E-state index < -0.39 is 0 Å². The fraction of sp³-hybridized carbons (Fsp3) is 0.684. The Morgan fingerprint density at radius 1 is 1.14 bits per heavy atom. The van der Waals surface area contributed by atoms with Gasteiger partial charge in [0.2, 0.25) is 0 Å². The van der Waals surface area contributed by atoms with Gasteiger partial charge in [-0.2, -0.15) is 0 Å². The van der Waals surface area contributed by atoms with Crippen LogP contribution in [-0.4, -0.2) is 31.1 Å². The van der Waals surface area contributed by atoms with Crippen molar-refractivity contribution in [3.8, 4) is 0 Å². The average Bonchev–Trinajstić information content (AvgIpc) is 2.54. The summed E-state index contributed by atoms with van der Waals surface area (Å²) in [6, 6.07) is 9.63. The minimum absolute atomic E-state index is 0.463. The van der Waals surface area contributed by atoms with Crippen LogP contribution in [-0.2, 0) is 6.42 Å². The maximum atomic E-state index is 3.73. The van der Waals surface area contributed by atoms with Gasteiger partial charge >= 0.3 is 0 Å². The Labute approximate surface area is 130 Å². The van der Waals surface area contributed by atoms with Crippen LogP contribution in [0.2, 0.25) is 0 Å². The first-order valence-electron chi connectivity index (χ1n) is 8.77. The minimum Gasteiger partial charge on any atom is -0.310 e. The molecule has 118 valence electrons. The summed E-state index contributed by atoms with van der Waals surface area (Å²) in [4.78, 5) is 2.56. The molecular weight excluding hydrogens is 256 g/mol. The SMILES string of the molecule is CCCc1ccc(C(C)NCC2CCN(CC)CC2)cc1. The molecule has 0 amide bonds. The van der Waals surface area contributed by atoms with Crippen molar-refractivity contribution in [1.29, 1.82) is 0 Å². The number of nitrogens with one attached hydrogen (secondary N) is 1. The van der Waals surface area contributed by atoms with Crippen molar-refractivity contribution in [2.45, 2.75) is 52.5 Å². The molecule has 0 spiro atoms. The van der Waals surface area contributed by atoms with Crippen LogP contribution in [0.5, 0.6) is 0 Å². The second-order valence-electron chi connectivity index (χ2n) is 6.50. The Kier molecular flexibility index (Phi) is 6.72. The van der Waals surface area contributed by atoms with Gasteiger partial charge in [-0.3, -0.25) is 0 Å².